The molecule has 0 bridgehead atoms. The van der Waals surface area contributed by atoms with Crippen molar-refractivity contribution < 1.29 is 0 Å². The number of piperidine rings is 1. The lowest BCUT2D eigenvalue weighted by Crippen LogP contribution is -2.35. The normalized spacial score (nSPS) is 21.0. The summed E-state index contributed by atoms with van der Waals surface area (Å²) in [6, 6.07) is 0. The summed E-state index contributed by atoms with van der Waals surface area (Å²) < 4.78 is 0. The largest absolute Gasteiger partial charge is 0.302 e. The molecule has 0 unspecified atom stereocenters. The van der Waals surface area contributed by atoms with E-state index in [1.54, 1.807) is 4.90 Å². The van der Waals surface area contributed by atoms with Crippen LogP contribution < -0.4 is 0 Å². The highest BCUT2D eigenvalue weighted by molar-refractivity contribution is 4.65. The Morgan fingerprint density at radius 3 is 2.45 bits per heavy atom. The third-order valence-electron chi connectivity index (χ3n) is 2.22. The van der Waals surface area contributed by atoms with E-state index in [0.29, 0.717) is 0 Å². The SMILES string of the molecule is [CH]N(C)CCN1CCCCC1. The highest BCUT2D eigenvalue weighted by atomic mass is 15.2. The second-order valence-corrected chi connectivity index (χ2v) is 3.38. The molecule has 1 aliphatic rings. The van der Waals surface area contributed by atoms with Crippen LogP contribution >= 0.6 is 0 Å². The molecule has 0 amide bonds. The van der Waals surface area contributed by atoms with Gasteiger partial charge in [-0.3, -0.25) is 4.90 Å². The smallest absolute Gasteiger partial charge is 0.0436 e. The van der Waals surface area contributed by atoms with Crippen LogP contribution in [0.5, 0.6) is 0 Å². The molecule has 1 fully saturated rings. The summed E-state index contributed by atoms with van der Waals surface area (Å²) in [6.45, 7) is 4.66. The van der Waals surface area contributed by atoms with E-state index in [0.717, 1.165) is 13.1 Å². The highest BCUT2D eigenvalue weighted by Gasteiger charge is 2.08. The van der Waals surface area contributed by atoms with Gasteiger partial charge in [-0.25, -0.2) is 0 Å². The Morgan fingerprint density at radius 1 is 1.27 bits per heavy atom. The zero-order chi connectivity index (χ0) is 8.10. The number of hydrogen-bond acceptors (Lipinski definition) is 2. The molecular formula is C9H18N2. The van der Waals surface area contributed by atoms with E-state index in [2.05, 4.69) is 4.90 Å². The van der Waals surface area contributed by atoms with Gasteiger partial charge in [-0.05, 0) is 33.0 Å². The molecular weight excluding hydrogens is 136 g/mol. The van der Waals surface area contributed by atoms with E-state index in [1.165, 1.54) is 32.4 Å². The van der Waals surface area contributed by atoms with Gasteiger partial charge in [0.05, 0.1) is 0 Å². The predicted octanol–water partition coefficient (Wildman–Crippen LogP) is 1.07. The molecule has 0 aromatic rings. The fourth-order valence-corrected chi connectivity index (χ4v) is 1.48. The van der Waals surface area contributed by atoms with Crippen molar-refractivity contribution >= 4 is 0 Å². The van der Waals surface area contributed by atoms with Crippen molar-refractivity contribution in [1.82, 2.24) is 9.80 Å². The van der Waals surface area contributed by atoms with E-state index in [-0.39, 0.29) is 0 Å². The van der Waals surface area contributed by atoms with Crippen LogP contribution in [0.15, 0.2) is 0 Å². The summed E-state index contributed by atoms with van der Waals surface area (Å²) in [7, 11) is 7.44. The number of rotatable bonds is 3. The summed E-state index contributed by atoms with van der Waals surface area (Å²) in [6.07, 6.45) is 4.15. The van der Waals surface area contributed by atoms with Crippen LogP contribution in [0.25, 0.3) is 0 Å². The maximum absolute atomic E-state index is 5.52. The lowest BCUT2D eigenvalue weighted by molar-refractivity contribution is 0.211. The molecule has 11 heavy (non-hydrogen) atoms. The fraction of sp³-hybridized carbons (Fsp3) is 0.889. The van der Waals surface area contributed by atoms with E-state index in [1.807, 2.05) is 7.05 Å². The maximum Gasteiger partial charge on any atom is 0.0436 e. The standard InChI is InChI=1S/C9H18N2/c1-10(2)8-9-11-6-4-3-5-7-11/h1H,3-9H2,2H3. The minimum Gasteiger partial charge on any atom is -0.302 e. The molecule has 0 aromatic heterocycles. The molecule has 0 N–H and O–H groups in total. The van der Waals surface area contributed by atoms with Gasteiger partial charge in [-0.15, -0.1) is 0 Å². The molecule has 1 saturated heterocycles. The van der Waals surface area contributed by atoms with Gasteiger partial charge >= 0.3 is 0 Å². The summed E-state index contributed by atoms with van der Waals surface area (Å²) >= 11 is 0. The third-order valence-corrected chi connectivity index (χ3v) is 2.22. The Morgan fingerprint density at radius 2 is 1.91 bits per heavy atom. The van der Waals surface area contributed by atoms with Crippen LogP contribution in [0, 0.1) is 7.05 Å². The van der Waals surface area contributed by atoms with Gasteiger partial charge in [-0.1, -0.05) is 6.42 Å². The molecule has 0 saturated carbocycles. The van der Waals surface area contributed by atoms with Crippen molar-refractivity contribution in [2.24, 2.45) is 0 Å². The van der Waals surface area contributed by atoms with Crippen LogP contribution in [0.3, 0.4) is 0 Å². The first-order valence-corrected chi connectivity index (χ1v) is 4.47. The van der Waals surface area contributed by atoms with Crippen molar-refractivity contribution in [3.8, 4) is 0 Å². The van der Waals surface area contributed by atoms with Gasteiger partial charge in [0.2, 0.25) is 0 Å². The first-order chi connectivity index (χ1) is 5.29. The Hall–Kier alpha value is -0.0800. The fourth-order valence-electron chi connectivity index (χ4n) is 1.48. The van der Waals surface area contributed by atoms with Crippen LogP contribution in [0.2, 0.25) is 0 Å². The molecule has 1 rings (SSSR count). The molecule has 0 aliphatic carbocycles. The average molecular weight is 154 g/mol. The van der Waals surface area contributed by atoms with Crippen LogP contribution in [-0.2, 0) is 0 Å². The van der Waals surface area contributed by atoms with Crippen LogP contribution in [0.1, 0.15) is 19.3 Å². The summed E-state index contributed by atoms with van der Waals surface area (Å²) in [4.78, 5) is 4.25. The zero-order valence-electron chi connectivity index (χ0n) is 7.42. The number of hydrogen-bond donors (Lipinski definition) is 0. The summed E-state index contributed by atoms with van der Waals surface area (Å²) in [5.41, 5.74) is 0. The van der Waals surface area contributed by atoms with Gasteiger partial charge < -0.3 is 4.90 Å². The van der Waals surface area contributed by atoms with E-state index in [4.69, 9.17) is 7.05 Å². The van der Waals surface area contributed by atoms with Crippen molar-refractivity contribution in [2.75, 3.05) is 33.2 Å². The van der Waals surface area contributed by atoms with Crippen molar-refractivity contribution in [3.63, 3.8) is 0 Å². The van der Waals surface area contributed by atoms with Gasteiger partial charge in [0, 0.05) is 20.1 Å². The van der Waals surface area contributed by atoms with E-state index < -0.39 is 0 Å². The number of likely N-dealkylation sites (N-methyl/N-ethyl adjacent to an activating group) is 1. The first kappa shape index (κ1) is 9.01. The maximum atomic E-state index is 5.52. The van der Waals surface area contributed by atoms with Gasteiger partial charge in [0.1, 0.15) is 0 Å². The Balaban J connectivity index is 2.05. The summed E-state index contributed by atoms with van der Waals surface area (Å²) in [5, 5.41) is 0. The second-order valence-electron chi connectivity index (χ2n) is 3.38. The monoisotopic (exact) mass is 154 g/mol. The molecule has 64 valence electrons. The quantitative estimate of drug-likeness (QED) is 0.561. The summed E-state index contributed by atoms with van der Waals surface area (Å²) in [5.74, 6) is 0. The van der Waals surface area contributed by atoms with Crippen molar-refractivity contribution in [1.29, 1.82) is 0 Å². The minimum atomic E-state index is 0.986. The molecule has 2 nitrogen and oxygen atoms in total. The zero-order valence-corrected chi connectivity index (χ0v) is 7.42. The molecule has 2 radical (unpaired) electrons. The second kappa shape index (κ2) is 4.73. The molecule has 0 spiro atoms. The van der Waals surface area contributed by atoms with Crippen molar-refractivity contribution in [3.05, 3.63) is 7.05 Å². The lowest BCUT2D eigenvalue weighted by atomic mass is 10.1. The number of nitrogens with zero attached hydrogens (tertiary/aromatic N) is 2. The Kier molecular flexibility index (Phi) is 3.87. The topological polar surface area (TPSA) is 6.48 Å². The van der Waals surface area contributed by atoms with Gasteiger partial charge in [0.25, 0.3) is 0 Å². The van der Waals surface area contributed by atoms with E-state index in [9.17, 15) is 0 Å². The third kappa shape index (κ3) is 3.73. The van der Waals surface area contributed by atoms with Crippen LogP contribution in [0.4, 0.5) is 0 Å². The molecule has 2 heteroatoms. The molecule has 1 aliphatic heterocycles. The molecule has 1 heterocycles. The lowest BCUT2D eigenvalue weighted by Gasteiger charge is -2.27. The molecule has 0 atom stereocenters. The number of likely N-dealkylation sites (tertiary alicyclic amines) is 1. The van der Waals surface area contributed by atoms with E-state index >= 15 is 0 Å². The van der Waals surface area contributed by atoms with Gasteiger partial charge in [-0.2, -0.15) is 0 Å². The molecule has 0 aromatic carbocycles. The highest BCUT2D eigenvalue weighted by Crippen LogP contribution is 2.07. The Bertz CT molecular complexity index is 95.7. The van der Waals surface area contributed by atoms with Gasteiger partial charge in [0.15, 0.2) is 0 Å². The van der Waals surface area contributed by atoms with Crippen molar-refractivity contribution in [2.45, 2.75) is 19.3 Å². The first-order valence-electron chi connectivity index (χ1n) is 4.47. The van der Waals surface area contributed by atoms with Crippen LogP contribution in [-0.4, -0.2) is 43.0 Å². The average Bonchev–Trinajstić information content (AvgIpc) is 2.03. The predicted molar refractivity (Wildman–Crippen MR) is 47.2 cm³/mol. The minimum absolute atomic E-state index is 0.986. The Labute approximate surface area is 70.2 Å².